The van der Waals surface area contributed by atoms with Crippen molar-refractivity contribution < 1.29 is 4.39 Å². The highest BCUT2D eigenvalue weighted by Gasteiger charge is 2.22. The summed E-state index contributed by atoms with van der Waals surface area (Å²) in [5.74, 6) is -0.396. The molecule has 0 aliphatic rings. The Labute approximate surface area is 151 Å². The van der Waals surface area contributed by atoms with E-state index in [1.54, 1.807) is 23.5 Å². The zero-order chi connectivity index (χ0) is 14.9. The van der Waals surface area contributed by atoms with Gasteiger partial charge in [-0.25, -0.2) is 4.39 Å². The van der Waals surface area contributed by atoms with E-state index in [2.05, 4.69) is 53.1 Å². The highest BCUT2D eigenvalue weighted by molar-refractivity contribution is 9.13. The first-order valence-corrected chi connectivity index (χ1v) is 9.34. The van der Waals surface area contributed by atoms with Crippen LogP contribution in [0.3, 0.4) is 0 Å². The molecule has 2 rings (SSSR count). The van der Waals surface area contributed by atoms with Crippen molar-refractivity contribution in [3.05, 3.63) is 52.2 Å². The predicted octanol–water partition coefficient (Wildman–Crippen LogP) is 6.53. The molecule has 0 spiro atoms. The maximum Gasteiger partial charge on any atom is 0.148 e. The molecule has 1 atom stereocenters. The Bertz CT molecular complexity index is 613. The second-order valence-corrected chi connectivity index (χ2v) is 8.51. The molecule has 1 aromatic heterocycles. The lowest BCUT2D eigenvalue weighted by molar-refractivity contribution is 0.563. The van der Waals surface area contributed by atoms with Crippen LogP contribution in [0.4, 0.5) is 4.39 Å². The van der Waals surface area contributed by atoms with Crippen molar-refractivity contribution in [2.24, 2.45) is 0 Å². The van der Waals surface area contributed by atoms with Gasteiger partial charge >= 0.3 is 0 Å². The molecule has 108 valence electrons. The fourth-order valence-electron chi connectivity index (χ4n) is 1.84. The molecule has 1 N–H and O–H groups in total. The van der Waals surface area contributed by atoms with Gasteiger partial charge in [0.2, 0.25) is 0 Å². The maximum absolute atomic E-state index is 14.4. The second-order valence-electron chi connectivity index (χ2n) is 4.03. The van der Waals surface area contributed by atoms with Crippen molar-refractivity contribution in [2.75, 3.05) is 6.54 Å². The average molecular weight is 506 g/mol. The molecule has 1 aromatic carbocycles. The predicted molar refractivity (Wildman–Crippen MR) is 94.3 cm³/mol. The summed E-state index contributed by atoms with van der Waals surface area (Å²) in [5, 5.41) is 3.41. The van der Waals surface area contributed by atoms with E-state index in [0.29, 0.717) is 10.0 Å². The number of halogens is 5. The average Bonchev–Trinajstić information content (AvgIpc) is 2.74. The summed E-state index contributed by atoms with van der Waals surface area (Å²) in [6.45, 7) is 2.72. The Kier molecular flexibility index (Phi) is 6.09. The van der Waals surface area contributed by atoms with E-state index in [-0.39, 0.29) is 11.1 Å². The van der Waals surface area contributed by atoms with Gasteiger partial charge in [-0.15, -0.1) is 11.3 Å². The first kappa shape index (κ1) is 16.9. The number of hydrogen-bond donors (Lipinski definition) is 1. The SMILES string of the molecule is CCNC(c1cc(Br)c(Br)s1)c1ccc(Br)c(Cl)c1F. The van der Waals surface area contributed by atoms with Crippen LogP contribution in [0.2, 0.25) is 5.02 Å². The first-order valence-electron chi connectivity index (χ1n) is 5.77. The molecular formula is C13H10Br3ClFNS. The Morgan fingerprint density at radius 3 is 2.55 bits per heavy atom. The number of rotatable bonds is 4. The summed E-state index contributed by atoms with van der Waals surface area (Å²) in [7, 11) is 0. The molecule has 20 heavy (non-hydrogen) atoms. The van der Waals surface area contributed by atoms with Gasteiger partial charge in [0.25, 0.3) is 0 Å². The van der Waals surface area contributed by atoms with Gasteiger partial charge in [0.15, 0.2) is 0 Å². The van der Waals surface area contributed by atoms with Crippen LogP contribution < -0.4 is 5.32 Å². The molecule has 1 nitrogen and oxygen atoms in total. The largest absolute Gasteiger partial charge is 0.306 e. The fraction of sp³-hybridized carbons (Fsp3) is 0.231. The third-order valence-corrected chi connectivity index (χ3v) is 7.31. The molecule has 0 aliphatic carbocycles. The molecule has 2 aromatic rings. The molecule has 0 bridgehead atoms. The molecule has 1 unspecified atom stereocenters. The van der Waals surface area contributed by atoms with Crippen molar-refractivity contribution >= 4 is 70.7 Å². The van der Waals surface area contributed by atoms with Crippen molar-refractivity contribution in [3.63, 3.8) is 0 Å². The normalized spacial score (nSPS) is 12.7. The van der Waals surface area contributed by atoms with Crippen LogP contribution in [0.5, 0.6) is 0 Å². The molecule has 0 amide bonds. The smallest absolute Gasteiger partial charge is 0.148 e. The summed E-state index contributed by atoms with van der Waals surface area (Å²) in [5.41, 5.74) is 0.543. The van der Waals surface area contributed by atoms with Crippen LogP contribution in [-0.4, -0.2) is 6.54 Å². The second kappa shape index (κ2) is 7.20. The minimum atomic E-state index is -0.396. The van der Waals surface area contributed by atoms with Gasteiger partial charge in [-0.1, -0.05) is 24.6 Å². The summed E-state index contributed by atoms with van der Waals surface area (Å²) in [6, 6.07) is 5.28. The van der Waals surface area contributed by atoms with E-state index in [9.17, 15) is 4.39 Å². The monoisotopic (exact) mass is 503 g/mol. The summed E-state index contributed by atoms with van der Waals surface area (Å²) in [4.78, 5) is 1.02. The Morgan fingerprint density at radius 2 is 2.00 bits per heavy atom. The minimum Gasteiger partial charge on any atom is -0.306 e. The van der Waals surface area contributed by atoms with Crippen molar-refractivity contribution in [1.82, 2.24) is 5.32 Å². The Balaban J connectivity index is 2.51. The van der Waals surface area contributed by atoms with Gasteiger partial charge in [-0.3, -0.25) is 0 Å². The lowest BCUT2D eigenvalue weighted by Gasteiger charge is -2.18. The minimum absolute atomic E-state index is 0.111. The van der Waals surface area contributed by atoms with Crippen LogP contribution >= 0.6 is 70.7 Å². The quantitative estimate of drug-likeness (QED) is 0.466. The van der Waals surface area contributed by atoms with Gasteiger partial charge < -0.3 is 5.32 Å². The number of hydrogen-bond acceptors (Lipinski definition) is 2. The van der Waals surface area contributed by atoms with Crippen LogP contribution in [0.1, 0.15) is 23.4 Å². The zero-order valence-corrected chi connectivity index (χ0v) is 16.6. The van der Waals surface area contributed by atoms with Crippen molar-refractivity contribution in [1.29, 1.82) is 0 Å². The molecule has 0 saturated heterocycles. The van der Waals surface area contributed by atoms with Crippen LogP contribution in [-0.2, 0) is 0 Å². The number of thiophene rings is 1. The highest BCUT2D eigenvalue weighted by atomic mass is 79.9. The third kappa shape index (κ3) is 3.47. The number of nitrogens with one attached hydrogen (secondary N) is 1. The van der Waals surface area contributed by atoms with Crippen molar-refractivity contribution in [2.45, 2.75) is 13.0 Å². The zero-order valence-electron chi connectivity index (χ0n) is 10.3. The maximum atomic E-state index is 14.4. The molecule has 0 aliphatic heterocycles. The van der Waals surface area contributed by atoms with Crippen molar-refractivity contribution in [3.8, 4) is 0 Å². The van der Waals surface area contributed by atoms with E-state index in [4.69, 9.17) is 11.6 Å². The van der Waals surface area contributed by atoms with Gasteiger partial charge in [0.1, 0.15) is 5.82 Å². The molecule has 0 fully saturated rings. The van der Waals surface area contributed by atoms with E-state index in [1.807, 2.05) is 13.0 Å². The highest BCUT2D eigenvalue weighted by Crippen LogP contribution is 2.39. The molecule has 0 saturated carbocycles. The van der Waals surface area contributed by atoms with Gasteiger partial charge in [0.05, 0.1) is 14.9 Å². The Hall–Kier alpha value is 0.540. The van der Waals surface area contributed by atoms with Gasteiger partial charge in [-0.2, -0.15) is 0 Å². The first-order chi connectivity index (χ1) is 9.45. The summed E-state index contributed by atoms with van der Waals surface area (Å²) in [6.07, 6.45) is 0. The molecule has 0 radical (unpaired) electrons. The van der Waals surface area contributed by atoms with E-state index < -0.39 is 5.82 Å². The number of benzene rings is 1. The van der Waals surface area contributed by atoms with E-state index >= 15 is 0 Å². The Morgan fingerprint density at radius 1 is 1.30 bits per heavy atom. The van der Waals surface area contributed by atoms with Gasteiger partial charge in [0, 0.05) is 19.4 Å². The lowest BCUT2D eigenvalue weighted by atomic mass is 10.0. The van der Waals surface area contributed by atoms with Gasteiger partial charge in [-0.05, 0) is 66.5 Å². The molecule has 7 heteroatoms. The fourth-order valence-corrected chi connectivity index (χ4v) is 4.50. The van der Waals surface area contributed by atoms with E-state index in [1.165, 1.54) is 0 Å². The van der Waals surface area contributed by atoms with Crippen LogP contribution in [0, 0.1) is 5.82 Å². The molecular weight excluding hydrogens is 496 g/mol. The summed E-state index contributed by atoms with van der Waals surface area (Å²) >= 11 is 17.7. The topological polar surface area (TPSA) is 12.0 Å². The third-order valence-electron chi connectivity index (χ3n) is 2.73. The standard InChI is InChI=1S/C13H10Br3ClFNS/c1-2-19-12(9-5-8(15)13(16)20-9)6-3-4-7(14)10(17)11(6)18/h3-5,12,19H,2H2,1H3. The summed E-state index contributed by atoms with van der Waals surface area (Å²) < 4.78 is 16.9. The van der Waals surface area contributed by atoms with Crippen LogP contribution in [0.25, 0.3) is 0 Å². The van der Waals surface area contributed by atoms with Crippen LogP contribution in [0.15, 0.2) is 30.9 Å². The molecule has 1 heterocycles. The lowest BCUT2D eigenvalue weighted by Crippen LogP contribution is -2.22. The van der Waals surface area contributed by atoms with E-state index in [0.717, 1.165) is 19.7 Å².